The van der Waals surface area contributed by atoms with Crippen LogP contribution >= 0.6 is 35.1 Å². The van der Waals surface area contributed by atoms with E-state index in [-0.39, 0.29) is 24.3 Å². The van der Waals surface area contributed by atoms with Crippen molar-refractivity contribution in [1.29, 1.82) is 0 Å². The molecule has 7 heteroatoms. The second-order valence-electron chi connectivity index (χ2n) is 7.12. The summed E-state index contributed by atoms with van der Waals surface area (Å²) in [5.41, 5.74) is 2.01. The van der Waals surface area contributed by atoms with Gasteiger partial charge in [-0.15, -0.1) is 0 Å². The molecule has 1 saturated heterocycles. The van der Waals surface area contributed by atoms with Gasteiger partial charge in [0.25, 0.3) is 11.1 Å². The Morgan fingerprint density at radius 1 is 0.938 bits per heavy atom. The van der Waals surface area contributed by atoms with Crippen LogP contribution in [0, 0.1) is 6.92 Å². The largest absolute Gasteiger partial charge is 0.492 e. The van der Waals surface area contributed by atoms with Crippen molar-refractivity contribution in [2.75, 3.05) is 13.2 Å². The lowest BCUT2D eigenvalue weighted by Gasteiger charge is -2.13. The van der Waals surface area contributed by atoms with Crippen LogP contribution in [0.25, 0.3) is 6.08 Å². The number of nitrogens with zero attached hydrogens (tertiary/aromatic N) is 1. The molecule has 3 aromatic carbocycles. The fraction of sp³-hybridized carbons (Fsp3) is 0.120. The number of imide groups is 1. The molecular weight excluding hydrogens is 462 g/mol. The summed E-state index contributed by atoms with van der Waals surface area (Å²) in [7, 11) is 0. The first-order valence-electron chi connectivity index (χ1n) is 9.96. The van der Waals surface area contributed by atoms with Gasteiger partial charge in [-0.05, 0) is 78.9 Å². The standard InChI is InChI=1S/C25H20ClNO3S2/c1-17-2-8-20(9-3-17)30-15-14-27-24(28)23(32-25(27)29)16-18-4-10-21(11-5-18)31-22-12-6-19(26)7-13-22/h2-13,16H,14-15H2,1H3/b23-16-. The number of benzene rings is 3. The number of carbonyl (C=O) groups is 2. The predicted octanol–water partition coefficient (Wildman–Crippen LogP) is 6.91. The van der Waals surface area contributed by atoms with E-state index >= 15 is 0 Å². The molecule has 4 nitrogen and oxygen atoms in total. The number of halogens is 1. The van der Waals surface area contributed by atoms with Crippen molar-refractivity contribution in [3.63, 3.8) is 0 Å². The normalized spacial score (nSPS) is 14.9. The number of amides is 2. The number of ether oxygens (including phenoxy) is 1. The Hall–Kier alpha value is -2.67. The number of carbonyl (C=O) groups excluding carboxylic acids is 2. The molecule has 0 bridgehead atoms. The number of hydrogen-bond donors (Lipinski definition) is 0. The van der Waals surface area contributed by atoms with Gasteiger partial charge in [0.05, 0.1) is 11.4 Å². The van der Waals surface area contributed by atoms with Gasteiger partial charge in [-0.1, -0.05) is 53.2 Å². The summed E-state index contributed by atoms with van der Waals surface area (Å²) in [6.07, 6.45) is 1.75. The number of rotatable bonds is 7. The molecule has 0 aromatic heterocycles. The van der Waals surface area contributed by atoms with Crippen LogP contribution in [0.4, 0.5) is 4.79 Å². The Morgan fingerprint density at radius 3 is 2.22 bits per heavy atom. The molecule has 32 heavy (non-hydrogen) atoms. The van der Waals surface area contributed by atoms with Crippen molar-refractivity contribution < 1.29 is 14.3 Å². The second kappa shape index (κ2) is 10.3. The lowest BCUT2D eigenvalue weighted by molar-refractivity contribution is -0.123. The molecule has 1 heterocycles. The van der Waals surface area contributed by atoms with Gasteiger partial charge in [0, 0.05) is 14.8 Å². The van der Waals surface area contributed by atoms with Crippen LogP contribution in [0.2, 0.25) is 5.02 Å². The van der Waals surface area contributed by atoms with E-state index in [1.807, 2.05) is 79.7 Å². The number of hydrogen-bond acceptors (Lipinski definition) is 5. The zero-order chi connectivity index (χ0) is 22.5. The fourth-order valence-corrected chi connectivity index (χ4v) is 4.81. The van der Waals surface area contributed by atoms with Gasteiger partial charge >= 0.3 is 0 Å². The minimum Gasteiger partial charge on any atom is -0.492 e. The van der Waals surface area contributed by atoms with E-state index in [1.54, 1.807) is 17.8 Å². The van der Waals surface area contributed by atoms with Crippen molar-refractivity contribution in [2.45, 2.75) is 16.7 Å². The summed E-state index contributed by atoms with van der Waals surface area (Å²) in [5.74, 6) is 0.432. The zero-order valence-corrected chi connectivity index (χ0v) is 19.7. The van der Waals surface area contributed by atoms with Gasteiger partial charge < -0.3 is 4.74 Å². The van der Waals surface area contributed by atoms with E-state index in [9.17, 15) is 9.59 Å². The predicted molar refractivity (Wildman–Crippen MR) is 131 cm³/mol. The summed E-state index contributed by atoms with van der Waals surface area (Å²) < 4.78 is 5.66. The maximum Gasteiger partial charge on any atom is 0.293 e. The summed E-state index contributed by atoms with van der Waals surface area (Å²) in [6, 6.07) is 23.2. The first-order chi connectivity index (χ1) is 15.5. The summed E-state index contributed by atoms with van der Waals surface area (Å²) >= 11 is 8.52. The molecule has 0 radical (unpaired) electrons. The Balaban J connectivity index is 1.35. The fourth-order valence-electron chi connectivity index (χ4n) is 3.00. The van der Waals surface area contributed by atoms with Gasteiger partial charge in [-0.2, -0.15) is 0 Å². The molecule has 4 rings (SSSR count). The molecule has 0 N–H and O–H groups in total. The molecule has 0 saturated carbocycles. The molecule has 2 amide bonds. The highest BCUT2D eigenvalue weighted by Gasteiger charge is 2.34. The Kier molecular flexibility index (Phi) is 7.25. The average molecular weight is 482 g/mol. The van der Waals surface area contributed by atoms with E-state index in [0.29, 0.717) is 9.93 Å². The van der Waals surface area contributed by atoms with E-state index < -0.39 is 0 Å². The Bertz CT molecular complexity index is 1140. The molecule has 0 aliphatic carbocycles. The third-order valence-electron chi connectivity index (χ3n) is 4.71. The number of thioether (sulfide) groups is 1. The monoisotopic (exact) mass is 481 g/mol. The van der Waals surface area contributed by atoms with Crippen molar-refractivity contribution in [3.05, 3.63) is 93.9 Å². The molecular formula is C25H20ClNO3S2. The van der Waals surface area contributed by atoms with E-state index in [1.165, 1.54) is 4.90 Å². The minimum atomic E-state index is -0.285. The summed E-state index contributed by atoms with van der Waals surface area (Å²) in [4.78, 5) is 28.8. The van der Waals surface area contributed by atoms with Gasteiger partial charge in [0.1, 0.15) is 12.4 Å². The third kappa shape index (κ3) is 5.76. The van der Waals surface area contributed by atoms with Crippen LogP contribution in [-0.2, 0) is 4.79 Å². The Morgan fingerprint density at radius 2 is 1.56 bits per heavy atom. The highest BCUT2D eigenvalue weighted by Crippen LogP contribution is 2.33. The highest BCUT2D eigenvalue weighted by atomic mass is 35.5. The summed E-state index contributed by atoms with van der Waals surface area (Å²) in [5, 5.41) is 0.434. The first kappa shape index (κ1) is 22.5. The van der Waals surface area contributed by atoms with Crippen LogP contribution in [-0.4, -0.2) is 29.2 Å². The lowest BCUT2D eigenvalue weighted by Crippen LogP contribution is -2.32. The van der Waals surface area contributed by atoms with Crippen molar-refractivity contribution in [1.82, 2.24) is 4.90 Å². The van der Waals surface area contributed by atoms with Crippen LogP contribution in [0.15, 0.2) is 87.5 Å². The van der Waals surface area contributed by atoms with E-state index in [2.05, 4.69) is 0 Å². The maximum absolute atomic E-state index is 12.7. The SMILES string of the molecule is Cc1ccc(OCCN2C(=O)S/C(=C\c3ccc(Sc4ccc(Cl)cc4)cc3)C2=O)cc1. The van der Waals surface area contributed by atoms with Crippen molar-refractivity contribution in [3.8, 4) is 5.75 Å². The van der Waals surface area contributed by atoms with Crippen LogP contribution in [0.3, 0.4) is 0 Å². The van der Waals surface area contributed by atoms with Crippen molar-refractivity contribution in [2.24, 2.45) is 0 Å². The van der Waals surface area contributed by atoms with Gasteiger partial charge in [-0.25, -0.2) is 0 Å². The first-order valence-corrected chi connectivity index (χ1v) is 12.0. The van der Waals surface area contributed by atoms with E-state index in [4.69, 9.17) is 16.3 Å². The number of aryl methyl sites for hydroxylation is 1. The molecule has 0 atom stereocenters. The molecule has 1 aliphatic heterocycles. The summed E-state index contributed by atoms with van der Waals surface area (Å²) in [6.45, 7) is 2.47. The third-order valence-corrected chi connectivity index (χ3v) is 6.88. The smallest absolute Gasteiger partial charge is 0.293 e. The molecule has 0 spiro atoms. The van der Waals surface area contributed by atoms with Crippen LogP contribution < -0.4 is 4.74 Å². The average Bonchev–Trinajstić information content (AvgIpc) is 3.05. The molecule has 0 unspecified atom stereocenters. The van der Waals surface area contributed by atoms with Gasteiger partial charge in [-0.3, -0.25) is 14.5 Å². The highest BCUT2D eigenvalue weighted by molar-refractivity contribution is 8.18. The Labute approximate surface area is 200 Å². The molecule has 1 aliphatic rings. The zero-order valence-electron chi connectivity index (χ0n) is 17.3. The molecule has 3 aromatic rings. The van der Waals surface area contributed by atoms with Crippen molar-refractivity contribution >= 4 is 52.3 Å². The van der Waals surface area contributed by atoms with Crippen LogP contribution in [0.1, 0.15) is 11.1 Å². The van der Waals surface area contributed by atoms with Gasteiger partial charge in [0.2, 0.25) is 0 Å². The quantitative estimate of drug-likeness (QED) is 0.343. The maximum atomic E-state index is 12.7. The lowest BCUT2D eigenvalue weighted by atomic mass is 10.2. The molecule has 1 fully saturated rings. The van der Waals surface area contributed by atoms with Gasteiger partial charge in [0.15, 0.2) is 0 Å². The topological polar surface area (TPSA) is 46.6 Å². The molecule has 162 valence electrons. The second-order valence-corrected chi connectivity index (χ2v) is 9.70. The minimum absolute atomic E-state index is 0.215. The van der Waals surface area contributed by atoms with E-state index in [0.717, 1.165) is 38.4 Å². The van der Waals surface area contributed by atoms with Crippen LogP contribution in [0.5, 0.6) is 5.75 Å².